The molecule has 1 heterocycles. The summed E-state index contributed by atoms with van der Waals surface area (Å²) in [5, 5.41) is 2.88. The number of rotatable bonds is 5. The first kappa shape index (κ1) is 15.6. The van der Waals surface area contributed by atoms with E-state index >= 15 is 0 Å². The highest BCUT2D eigenvalue weighted by molar-refractivity contribution is 5.77. The number of hydrogen-bond acceptors (Lipinski definition) is 3. The van der Waals surface area contributed by atoms with Crippen LogP contribution in [-0.2, 0) is 22.6 Å². The molecule has 1 N–H and O–H groups in total. The van der Waals surface area contributed by atoms with Crippen molar-refractivity contribution in [3.05, 3.63) is 65.2 Å². The lowest BCUT2D eigenvalue weighted by Gasteiger charge is -2.25. The van der Waals surface area contributed by atoms with Crippen molar-refractivity contribution in [2.45, 2.75) is 26.1 Å². The molecule has 1 unspecified atom stereocenters. The second-order valence-electron chi connectivity index (χ2n) is 5.76. The molecule has 0 saturated carbocycles. The van der Waals surface area contributed by atoms with Gasteiger partial charge in [-0.2, -0.15) is 0 Å². The summed E-state index contributed by atoms with van der Waals surface area (Å²) in [5.74, 6) is 0.612. The summed E-state index contributed by atoms with van der Waals surface area (Å²) in [5.41, 5.74) is 3.56. The van der Waals surface area contributed by atoms with Crippen LogP contribution in [0.5, 0.6) is 5.75 Å². The van der Waals surface area contributed by atoms with Crippen LogP contribution in [-0.4, -0.2) is 25.2 Å². The van der Waals surface area contributed by atoms with Gasteiger partial charge in [0.05, 0.1) is 12.7 Å². The summed E-state index contributed by atoms with van der Waals surface area (Å²) in [7, 11) is 0. The van der Waals surface area contributed by atoms with E-state index in [0.29, 0.717) is 13.2 Å². The van der Waals surface area contributed by atoms with E-state index in [0.717, 1.165) is 17.7 Å². The summed E-state index contributed by atoms with van der Waals surface area (Å²) in [4.78, 5) is 11.9. The van der Waals surface area contributed by atoms with Crippen LogP contribution in [0.25, 0.3) is 0 Å². The van der Waals surface area contributed by atoms with Gasteiger partial charge in [-0.1, -0.05) is 42.5 Å². The average Bonchev–Trinajstić information content (AvgIpc) is 2.59. The van der Waals surface area contributed by atoms with E-state index in [1.165, 1.54) is 11.1 Å². The SMILES string of the molecule is Cc1ccccc1OCC(=O)NCC1Cc2ccccc2CO1. The smallest absolute Gasteiger partial charge is 0.258 e. The summed E-state index contributed by atoms with van der Waals surface area (Å²) in [6.07, 6.45) is 0.849. The second kappa shape index (κ2) is 7.29. The minimum atomic E-state index is -0.129. The van der Waals surface area contributed by atoms with Crippen molar-refractivity contribution in [2.24, 2.45) is 0 Å². The highest BCUT2D eigenvalue weighted by atomic mass is 16.5. The molecule has 120 valence electrons. The standard InChI is InChI=1S/C19H21NO3/c1-14-6-2-5-9-18(14)23-13-19(21)20-11-17-10-15-7-3-4-8-16(15)12-22-17/h2-9,17H,10-13H2,1H3,(H,20,21). The molecule has 1 atom stereocenters. The number of amides is 1. The van der Waals surface area contributed by atoms with E-state index in [4.69, 9.17) is 9.47 Å². The zero-order valence-electron chi connectivity index (χ0n) is 13.2. The molecular weight excluding hydrogens is 290 g/mol. The van der Waals surface area contributed by atoms with Crippen LogP contribution in [0.4, 0.5) is 0 Å². The Morgan fingerprint density at radius 3 is 2.74 bits per heavy atom. The fraction of sp³-hybridized carbons (Fsp3) is 0.316. The maximum Gasteiger partial charge on any atom is 0.258 e. The normalized spacial score (nSPS) is 16.5. The molecule has 4 heteroatoms. The third kappa shape index (κ3) is 4.11. The lowest BCUT2D eigenvalue weighted by molar-refractivity contribution is -0.123. The van der Waals surface area contributed by atoms with Gasteiger partial charge in [0.15, 0.2) is 6.61 Å². The maximum absolute atomic E-state index is 11.9. The molecule has 0 bridgehead atoms. The Kier molecular flexibility index (Phi) is 4.93. The summed E-state index contributed by atoms with van der Waals surface area (Å²) in [6.45, 7) is 3.09. The highest BCUT2D eigenvalue weighted by Crippen LogP contribution is 2.20. The molecule has 3 rings (SSSR count). The summed E-state index contributed by atoms with van der Waals surface area (Å²) in [6, 6.07) is 15.9. The number of para-hydroxylation sites is 1. The van der Waals surface area contributed by atoms with Crippen molar-refractivity contribution < 1.29 is 14.3 Å². The molecule has 0 spiro atoms. The molecule has 0 aromatic heterocycles. The van der Waals surface area contributed by atoms with E-state index in [9.17, 15) is 4.79 Å². The van der Waals surface area contributed by atoms with Crippen molar-refractivity contribution in [2.75, 3.05) is 13.2 Å². The fourth-order valence-corrected chi connectivity index (χ4v) is 2.68. The van der Waals surface area contributed by atoms with Gasteiger partial charge in [-0.05, 0) is 29.7 Å². The maximum atomic E-state index is 11.9. The van der Waals surface area contributed by atoms with Gasteiger partial charge in [0.2, 0.25) is 0 Å². The Labute approximate surface area is 136 Å². The first-order valence-electron chi connectivity index (χ1n) is 7.86. The Hall–Kier alpha value is -2.33. The van der Waals surface area contributed by atoms with Crippen molar-refractivity contribution in [3.8, 4) is 5.75 Å². The number of hydrogen-bond donors (Lipinski definition) is 1. The quantitative estimate of drug-likeness (QED) is 0.923. The lowest BCUT2D eigenvalue weighted by Crippen LogP contribution is -2.38. The van der Waals surface area contributed by atoms with Gasteiger partial charge in [-0.25, -0.2) is 0 Å². The zero-order chi connectivity index (χ0) is 16.1. The van der Waals surface area contributed by atoms with Crippen LogP contribution in [0.1, 0.15) is 16.7 Å². The van der Waals surface area contributed by atoms with Crippen LogP contribution in [0.15, 0.2) is 48.5 Å². The molecule has 1 aliphatic rings. The van der Waals surface area contributed by atoms with Gasteiger partial charge in [0.25, 0.3) is 5.91 Å². The monoisotopic (exact) mass is 311 g/mol. The van der Waals surface area contributed by atoms with E-state index in [2.05, 4.69) is 17.4 Å². The molecule has 0 aliphatic carbocycles. The number of aryl methyl sites for hydroxylation is 1. The Morgan fingerprint density at radius 2 is 1.91 bits per heavy atom. The van der Waals surface area contributed by atoms with Crippen molar-refractivity contribution in [1.29, 1.82) is 0 Å². The Bertz CT molecular complexity index is 684. The van der Waals surface area contributed by atoms with Crippen LogP contribution < -0.4 is 10.1 Å². The largest absolute Gasteiger partial charge is 0.484 e. The molecule has 4 nitrogen and oxygen atoms in total. The van der Waals surface area contributed by atoms with Gasteiger partial charge in [-0.3, -0.25) is 4.79 Å². The minimum Gasteiger partial charge on any atom is -0.484 e. The molecule has 0 fully saturated rings. The zero-order valence-corrected chi connectivity index (χ0v) is 13.2. The topological polar surface area (TPSA) is 47.6 Å². The van der Waals surface area contributed by atoms with E-state index in [-0.39, 0.29) is 18.6 Å². The first-order valence-corrected chi connectivity index (χ1v) is 7.86. The van der Waals surface area contributed by atoms with Crippen LogP contribution in [0.2, 0.25) is 0 Å². The van der Waals surface area contributed by atoms with E-state index in [1.807, 2.05) is 43.3 Å². The number of carbonyl (C=O) groups excluding carboxylic acids is 1. The second-order valence-corrected chi connectivity index (χ2v) is 5.76. The van der Waals surface area contributed by atoms with Gasteiger partial charge in [0.1, 0.15) is 5.75 Å². The Morgan fingerprint density at radius 1 is 1.17 bits per heavy atom. The van der Waals surface area contributed by atoms with Crippen molar-refractivity contribution in [3.63, 3.8) is 0 Å². The predicted molar refractivity (Wildman–Crippen MR) is 88.4 cm³/mol. The number of carbonyl (C=O) groups is 1. The van der Waals surface area contributed by atoms with E-state index < -0.39 is 0 Å². The molecule has 1 aliphatic heterocycles. The van der Waals surface area contributed by atoms with Crippen LogP contribution in [0.3, 0.4) is 0 Å². The molecular formula is C19H21NO3. The third-order valence-electron chi connectivity index (χ3n) is 4.02. The number of ether oxygens (including phenoxy) is 2. The first-order chi connectivity index (χ1) is 11.2. The lowest BCUT2D eigenvalue weighted by atomic mass is 9.99. The van der Waals surface area contributed by atoms with E-state index in [1.54, 1.807) is 0 Å². The molecule has 2 aromatic rings. The van der Waals surface area contributed by atoms with Gasteiger partial charge in [-0.15, -0.1) is 0 Å². The van der Waals surface area contributed by atoms with Crippen LogP contribution in [0, 0.1) is 6.92 Å². The molecule has 0 saturated heterocycles. The van der Waals surface area contributed by atoms with Gasteiger partial charge < -0.3 is 14.8 Å². The minimum absolute atomic E-state index is 0.0207. The predicted octanol–water partition coefficient (Wildman–Crippen LogP) is 2.63. The number of benzene rings is 2. The summed E-state index contributed by atoms with van der Waals surface area (Å²) >= 11 is 0. The third-order valence-corrected chi connectivity index (χ3v) is 4.02. The molecule has 0 radical (unpaired) electrons. The average molecular weight is 311 g/mol. The fourth-order valence-electron chi connectivity index (χ4n) is 2.68. The molecule has 1 amide bonds. The van der Waals surface area contributed by atoms with Crippen molar-refractivity contribution in [1.82, 2.24) is 5.32 Å². The highest BCUT2D eigenvalue weighted by Gasteiger charge is 2.19. The molecule has 2 aromatic carbocycles. The van der Waals surface area contributed by atoms with Crippen LogP contribution >= 0.6 is 0 Å². The van der Waals surface area contributed by atoms with Crippen molar-refractivity contribution >= 4 is 5.91 Å². The van der Waals surface area contributed by atoms with Gasteiger partial charge in [0, 0.05) is 13.0 Å². The summed E-state index contributed by atoms with van der Waals surface area (Å²) < 4.78 is 11.3. The number of fused-ring (bicyclic) bond motifs is 1. The Balaban J connectivity index is 1.44. The molecule has 23 heavy (non-hydrogen) atoms. The number of nitrogens with one attached hydrogen (secondary N) is 1. The van der Waals surface area contributed by atoms with Gasteiger partial charge >= 0.3 is 0 Å².